The summed E-state index contributed by atoms with van der Waals surface area (Å²) in [4.78, 5) is 25.8. The highest BCUT2D eigenvalue weighted by Crippen LogP contribution is 2.27. The van der Waals surface area contributed by atoms with E-state index in [9.17, 15) is 14.7 Å². The fourth-order valence-corrected chi connectivity index (χ4v) is 3.69. The molecule has 0 aromatic heterocycles. The Morgan fingerprint density at radius 1 is 1.10 bits per heavy atom. The van der Waals surface area contributed by atoms with Crippen molar-refractivity contribution in [1.29, 1.82) is 0 Å². The number of nitrogens with zero attached hydrogens (tertiary/aromatic N) is 1. The van der Waals surface area contributed by atoms with Gasteiger partial charge in [0.25, 0.3) is 0 Å². The molecule has 2 N–H and O–H groups in total. The molecular weight excluding hydrogens is 268 g/mol. The smallest absolute Gasteiger partial charge is 0.326 e. The van der Waals surface area contributed by atoms with Crippen molar-refractivity contribution in [2.24, 2.45) is 11.8 Å². The van der Waals surface area contributed by atoms with Gasteiger partial charge in [0, 0.05) is 12.6 Å². The van der Waals surface area contributed by atoms with Gasteiger partial charge in [0.1, 0.15) is 6.04 Å². The standard InChI is InChI=1S/C16H28N2O3/c1-11-7-6-10-18(12(11)2)16(21)17-14(15(19)20)13-8-4-3-5-9-13/h11-14H,3-10H2,1-2H3,(H,17,21)(H,19,20). The summed E-state index contributed by atoms with van der Waals surface area (Å²) in [6, 6.07) is -0.756. The molecular formula is C16H28N2O3. The Balaban J connectivity index is 1.99. The highest BCUT2D eigenvalue weighted by molar-refractivity contribution is 5.83. The van der Waals surface area contributed by atoms with Crippen LogP contribution in [0.5, 0.6) is 0 Å². The van der Waals surface area contributed by atoms with Crippen LogP contribution >= 0.6 is 0 Å². The third-order valence-electron chi connectivity index (χ3n) is 5.30. The zero-order chi connectivity index (χ0) is 15.4. The number of carbonyl (C=O) groups is 2. The predicted octanol–water partition coefficient (Wildman–Crippen LogP) is 2.85. The number of carboxylic acids is 1. The molecule has 0 aromatic rings. The van der Waals surface area contributed by atoms with Crippen LogP contribution in [0, 0.1) is 11.8 Å². The monoisotopic (exact) mass is 296 g/mol. The van der Waals surface area contributed by atoms with Gasteiger partial charge < -0.3 is 15.3 Å². The van der Waals surface area contributed by atoms with E-state index in [0.717, 1.165) is 45.1 Å². The summed E-state index contributed by atoms with van der Waals surface area (Å²) in [6.45, 7) is 4.94. The van der Waals surface area contributed by atoms with E-state index in [4.69, 9.17) is 0 Å². The number of nitrogens with one attached hydrogen (secondary N) is 1. The van der Waals surface area contributed by atoms with Crippen molar-refractivity contribution in [1.82, 2.24) is 10.2 Å². The molecule has 2 aliphatic rings. The number of amides is 2. The SMILES string of the molecule is CC1CCCN(C(=O)NC(C(=O)O)C2CCCCC2)C1C. The zero-order valence-electron chi connectivity index (χ0n) is 13.2. The maximum absolute atomic E-state index is 12.5. The van der Waals surface area contributed by atoms with Crippen LogP contribution in [0.3, 0.4) is 0 Å². The van der Waals surface area contributed by atoms with Crippen molar-refractivity contribution in [3.05, 3.63) is 0 Å². The molecule has 2 amide bonds. The minimum absolute atomic E-state index is 0.0812. The number of carbonyl (C=O) groups excluding carboxylic acids is 1. The minimum Gasteiger partial charge on any atom is -0.480 e. The second kappa shape index (κ2) is 7.14. The van der Waals surface area contributed by atoms with E-state index in [1.165, 1.54) is 6.42 Å². The summed E-state index contributed by atoms with van der Waals surface area (Å²) in [6.07, 6.45) is 7.27. The first-order valence-corrected chi connectivity index (χ1v) is 8.30. The Hall–Kier alpha value is -1.26. The van der Waals surface area contributed by atoms with Crippen molar-refractivity contribution in [3.63, 3.8) is 0 Å². The van der Waals surface area contributed by atoms with Crippen molar-refractivity contribution in [2.45, 2.75) is 70.9 Å². The summed E-state index contributed by atoms with van der Waals surface area (Å²) in [5.41, 5.74) is 0. The van der Waals surface area contributed by atoms with Gasteiger partial charge in [0.15, 0.2) is 0 Å². The van der Waals surface area contributed by atoms with Crippen LogP contribution in [0.2, 0.25) is 0 Å². The van der Waals surface area contributed by atoms with Crippen molar-refractivity contribution in [3.8, 4) is 0 Å². The third-order valence-corrected chi connectivity index (χ3v) is 5.30. The highest BCUT2D eigenvalue weighted by Gasteiger charge is 2.34. The molecule has 2 fully saturated rings. The summed E-state index contributed by atoms with van der Waals surface area (Å²) < 4.78 is 0. The number of aliphatic carboxylic acids is 1. The summed E-state index contributed by atoms with van der Waals surface area (Å²) >= 11 is 0. The summed E-state index contributed by atoms with van der Waals surface area (Å²) in [7, 11) is 0. The average molecular weight is 296 g/mol. The van der Waals surface area contributed by atoms with E-state index in [1.807, 2.05) is 4.90 Å². The number of hydrogen-bond donors (Lipinski definition) is 2. The summed E-state index contributed by atoms with van der Waals surface area (Å²) in [5, 5.41) is 12.3. The molecule has 3 unspecified atom stereocenters. The number of hydrogen-bond acceptors (Lipinski definition) is 2. The Morgan fingerprint density at radius 2 is 1.76 bits per heavy atom. The Labute approximate surface area is 127 Å². The topological polar surface area (TPSA) is 69.6 Å². The molecule has 0 bridgehead atoms. The van der Waals surface area contributed by atoms with Crippen molar-refractivity contribution < 1.29 is 14.7 Å². The Kier molecular flexibility index (Phi) is 5.48. The molecule has 21 heavy (non-hydrogen) atoms. The van der Waals surface area contributed by atoms with Gasteiger partial charge in [-0.1, -0.05) is 26.2 Å². The first-order valence-electron chi connectivity index (χ1n) is 8.30. The predicted molar refractivity (Wildman–Crippen MR) is 81.1 cm³/mol. The van der Waals surface area contributed by atoms with E-state index >= 15 is 0 Å². The molecule has 0 radical (unpaired) electrons. The van der Waals surface area contributed by atoms with Gasteiger partial charge in [-0.05, 0) is 44.4 Å². The maximum atomic E-state index is 12.5. The lowest BCUT2D eigenvalue weighted by Gasteiger charge is -2.39. The number of carboxylic acid groups (broad SMARTS) is 1. The van der Waals surface area contributed by atoms with Gasteiger partial charge in [-0.3, -0.25) is 0 Å². The van der Waals surface area contributed by atoms with Crippen LogP contribution in [0.25, 0.3) is 0 Å². The molecule has 1 saturated carbocycles. The summed E-state index contributed by atoms with van der Waals surface area (Å²) in [5.74, 6) is -0.340. The van der Waals surface area contributed by atoms with Crippen LogP contribution in [0.4, 0.5) is 4.79 Å². The van der Waals surface area contributed by atoms with Crippen LogP contribution < -0.4 is 5.32 Å². The second-order valence-corrected chi connectivity index (χ2v) is 6.72. The molecule has 120 valence electrons. The Morgan fingerprint density at radius 3 is 2.38 bits per heavy atom. The fourth-order valence-electron chi connectivity index (χ4n) is 3.69. The van der Waals surface area contributed by atoms with E-state index in [-0.39, 0.29) is 18.0 Å². The molecule has 1 saturated heterocycles. The van der Waals surface area contributed by atoms with E-state index in [2.05, 4.69) is 19.2 Å². The van der Waals surface area contributed by atoms with Crippen molar-refractivity contribution >= 4 is 12.0 Å². The Bertz CT molecular complexity index is 380. The molecule has 0 spiro atoms. The molecule has 3 atom stereocenters. The lowest BCUT2D eigenvalue weighted by Crippen LogP contribution is -2.55. The van der Waals surface area contributed by atoms with Gasteiger partial charge in [-0.2, -0.15) is 0 Å². The molecule has 1 aliphatic heterocycles. The van der Waals surface area contributed by atoms with Crippen LogP contribution in [-0.2, 0) is 4.79 Å². The molecule has 2 rings (SSSR count). The van der Waals surface area contributed by atoms with Crippen LogP contribution in [0.1, 0.15) is 58.8 Å². The second-order valence-electron chi connectivity index (χ2n) is 6.72. The molecule has 5 heteroatoms. The van der Waals surface area contributed by atoms with E-state index in [1.54, 1.807) is 0 Å². The largest absolute Gasteiger partial charge is 0.480 e. The normalized spacial score (nSPS) is 29.0. The first kappa shape index (κ1) is 16.1. The molecule has 5 nitrogen and oxygen atoms in total. The van der Waals surface area contributed by atoms with Gasteiger partial charge in [0.05, 0.1) is 0 Å². The fraction of sp³-hybridized carbons (Fsp3) is 0.875. The minimum atomic E-state index is -0.895. The van der Waals surface area contributed by atoms with E-state index < -0.39 is 12.0 Å². The number of piperidine rings is 1. The average Bonchev–Trinajstić information content (AvgIpc) is 2.48. The van der Waals surface area contributed by atoms with Crippen LogP contribution in [-0.4, -0.2) is 40.6 Å². The highest BCUT2D eigenvalue weighted by atomic mass is 16.4. The van der Waals surface area contributed by atoms with Crippen LogP contribution in [0.15, 0.2) is 0 Å². The molecule has 0 aromatic carbocycles. The molecule has 1 heterocycles. The van der Waals surface area contributed by atoms with E-state index in [0.29, 0.717) is 5.92 Å². The molecule has 1 aliphatic carbocycles. The van der Waals surface area contributed by atoms with Gasteiger partial charge >= 0.3 is 12.0 Å². The first-order chi connectivity index (χ1) is 10.0. The van der Waals surface area contributed by atoms with Gasteiger partial charge in [0.2, 0.25) is 0 Å². The lowest BCUT2D eigenvalue weighted by atomic mass is 9.84. The number of urea groups is 1. The maximum Gasteiger partial charge on any atom is 0.326 e. The lowest BCUT2D eigenvalue weighted by molar-refractivity contribution is -0.141. The van der Waals surface area contributed by atoms with Gasteiger partial charge in [-0.15, -0.1) is 0 Å². The third kappa shape index (κ3) is 3.89. The van der Waals surface area contributed by atoms with Gasteiger partial charge in [-0.25, -0.2) is 9.59 Å². The van der Waals surface area contributed by atoms with Crippen molar-refractivity contribution in [2.75, 3.05) is 6.54 Å². The quantitative estimate of drug-likeness (QED) is 0.841. The number of likely N-dealkylation sites (tertiary alicyclic amines) is 1. The number of rotatable bonds is 3. The zero-order valence-corrected chi connectivity index (χ0v) is 13.2.